The normalized spacial score (nSPS) is 12.9. The minimum absolute atomic E-state index is 0.00685. The van der Waals surface area contributed by atoms with Gasteiger partial charge in [0.15, 0.2) is 0 Å². The molecule has 0 bridgehead atoms. The number of allylic oxidation sites excluding steroid dienone is 2. The summed E-state index contributed by atoms with van der Waals surface area (Å²) >= 11 is 0. The van der Waals surface area contributed by atoms with Gasteiger partial charge in [0, 0.05) is 6.42 Å². The van der Waals surface area contributed by atoms with Crippen LogP contribution in [0.2, 0.25) is 0 Å². The summed E-state index contributed by atoms with van der Waals surface area (Å²) in [6.07, 6.45) is 46.8. The number of carbonyl (C=O) groups excluding carboxylic acids is 2. The molecule has 0 saturated heterocycles. The first kappa shape index (κ1) is 44.7. The van der Waals surface area contributed by atoms with Crippen LogP contribution < -0.4 is 11.1 Å². The van der Waals surface area contributed by atoms with E-state index in [0.29, 0.717) is 19.3 Å². The van der Waals surface area contributed by atoms with Gasteiger partial charge in [-0.05, 0) is 44.9 Å². The smallest absolute Gasteiger partial charge is 0.243 e. The predicted octanol–water partition coefficient (Wildman–Crippen LogP) is 13.2. The highest BCUT2D eigenvalue weighted by Crippen LogP contribution is 2.21. The predicted molar refractivity (Wildman–Crippen MR) is 203 cm³/mol. The molecule has 0 aromatic carbocycles. The molecule has 2 amide bonds. The Kier molecular flexibility index (Phi) is 34.0. The minimum atomic E-state index is -0.880. The van der Waals surface area contributed by atoms with E-state index in [1.54, 1.807) is 0 Å². The van der Waals surface area contributed by atoms with Crippen molar-refractivity contribution >= 4 is 11.8 Å². The third kappa shape index (κ3) is 28.9. The molecule has 272 valence electrons. The Morgan fingerprint density at radius 2 is 0.804 bits per heavy atom. The number of nitrogens with one attached hydrogen (secondary N) is 1. The Morgan fingerprint density at radius 3 is 1.15 bits per heavy atom. The van der Waals surface area contributed by atoms with E-state index in [0.717, 1.165) is 25.7 Å². The van der Waals surface area contributed by atoms with Gasteiger partial charge < -0.3 is 11.1 Å². The van der Waals surface area contributed by atoms with Crippen LogP contribution in [0.25, 0.3) is 0 Å². The summed E-state index contributed by atoms with van der Waals surface area (Å²) in [4.78, 5) is 25.1. The minimum Gasteiger partial charge on any atom is -0.368 e. The molecule has 0 aromatic heterocycles. The molecule has 0 saturated carbocycles. The van der Waals surface area contributed by atoms with Crippen LogP contribution in [0.4, 0.5) is 0 Å². The number of hydrogen-bond donors (Lipinski definition) is 2. The molecule has 1 unspecified atom stereocenters. The Labute approximate surface area is 288 Å². The highest BCUT2D eigenvalue weighted by atomic mass is 16.2. The van der Waals surface area contributed by atoms with Crippen molar-refractivity contribution in [3.05, 3.63) is 12.2 Å². The molecule has 0 rings (SSSR count). The summed E-state index contributed by atoms with van der Waals surface area (Å²) in [5, 5.41) is 3.07. The number of hydrogen-bond acceptors (Lipinski definition) is 2. The number of nitrogens with two attached hydrogens (primary N) is 1. The fraction of sp³-hybridized carbons (Fsp3) is 0.905. The molecule has 0 radical (unpaired) electrons. The monoisotopic (exact) mass is 647 g/mol. The van der Waals surface area contributed by atoms with Crippen molar-refractivity contribution in [2.45, 2.75) is 245 Å². The van der Waals surface area contributed by atoms with Crippen molar-refractivity contribution in [2.75, 3.05) is 0 Å². The van der Waals surface area contributed by atoms with Crippen molar-refractivity contribution in [1.29, 1.82) is 0 Å². The Hall–Kier alpha value is -1.32. The molecule has 0 aliphatic heterocycles. The van der Waals surface area contributed by atoms with Crippen LogP contribution in [0.5, 0.6) is 0 Å². The number of carbonyl (C=O) groups is 2. The third-order valence-electron chi connectivity index (χ3n) is 10.1. The molecule has 46 heavy (non-hydrogen) atoms. The zero-order chi connectivity index (χ0) is 33.8. The van der Waals surface area contributed by atoms with E-state index < -0.39 is 5.54 Å². The number of unbranched alkanes of at least 4 members (excludes halogenated alkanes) is 28. The van der Waals surface area contributed by atoms with Gasteiger partial charge in [-0.1, -0.05) is 200 Å². The zero-order valence-electron chi connectivity index (χ0n) is 31.6. The number of rotatable bonds is 37. The molecule has 4 heteroatoms. The van der Waals surface area contributed by atoms with E-state index in [1.165, 1.54) is 173 Å². The van der Waals surface area contributed by atoms with E-state index in [4.69, 9.17) is 5.73 Å². The van der Waals surface area contributed by atoms with Crippen molar-refractivity contribution < 1.29 is 9.59 Å². The number of primary amides is 1. The van der Waals surface area contributed by atoms with Crippen LogP contribution in [-0.2, 0) is 9.59 Å². The molecule has 0 aliphatic rings. The molecule has 0 heterocycles. The van der Waals surface area contributed by atoms with Gasteiger partial charge in [0.05, 0.1) is 0 Å². The van der Waals surface area contributed by atoms with E-state index in [-0.39, 0.29) is 11.8 Å². The maximum Gasteiger partial charge on any atom is 0.243 e. The van der Waals surface area contributed by atoms with Crippen LogP contribution in [0.15, 0.2) is 12.2 Å². The molecule has 3 N–H and O–H groups in total. The fourth-order valence-corrected chi connectivity index (χ4v) is 6.70. The highest BCUT2D eigenvalue weighted by Gasteiger charge is 2.35. The van der Waals surface area contributed by atoms with Gasteiger partial charge in [-0.3, -0.25) is 9.59 Å². The standard InChI is InChI=1S/C42H82N2O2/c1-4-7-9-11-13-15-17-19-21-22-23-25-27-29-31-33-35-37-39-42(6-3,41(43)46)44-40(45)38-36-34-32-30-28-26-24-20-18-16-14-12-10-8-5-2/h19,21H,4-18,20,22-39H2,1-3H3,(H2,43,46)(H,44,45). The average Bonchev–Trinajstić information content (AvgIpc) is 3.05. The van der Waals surface area contributed by atoms with E-state index >= 15 is 0 Å². The van der Waals surface area contributed by atoms with Crippen molar-refractivity contribution in [3.63, 3.8) is 0 Å². The summed E-state index contributed by atoms with van der Waals surface area (Å²) in [7, 11) is 0. The second-order valence-corrected chi connectivity index (χ2v) is 14.4. The Morgan fingerprint density at radius 1 is 0.478 bits per heavy atom. The van der Waals surface area contributed by atoms with Gasteiger partial charge >= 0.3 is 0 Å². The molecule has 4 nitrogen and oxygen atoms in total. The van der Waals surface area contributed by atoms with Gasteiger partial charge in [0.2, 0.25) is 11.8 Å². The summed E-state index contributed by atoms with van der Waals surface area (Å²) in [6.45, 7) is 6.53. The summed E-state index contributed by atoms with van der Waals surface area (Å²) in [6, 6.07) is 0. The molecule has 0 aliphatic carbocycles. The van der Waals surface area contributed by atoms with Crippen LogP contribution in [0.3, 0.4) is 0 Å². The van der Waals surface area contributed by atoms with Gasteiger partial charge in [0.25, 0.3) is 0 Å². The second kappa shape index (κ2) is 35.0. The average molecular weight is 647 g/mol. The largest absolute Gasteiger partial charge is 0.368 e. The first-order valence-corrected chi connectivity index (χ1v) is 20.8. The first-order chi connectivity index (χ1) is 22.5. The van der Waals surface area contributed by atoms with Gasteiger partial charge in [-0.25, -0.2) is 0 Å². The molecule has 1 atom stereocenters. The third-order valence-corrected chi connectivity index (χ3v) is 10.1. The topological polar surface area (TPSA) is 72.2 Å². The molecule has 0 aromatic rings. The van der Waals surface area contributed by atoms with Crippen LogP contribution in [0.1, 0.15) is 239 Å². The lowest BCUT2D eigenvalue weighted by molar-refractivity contribution is -0.132. The molecule has 0 fully saturated rings. The highest BCUT2D eigenvalue weighted by molar-refractivity contribution is 5.90. The van der Waals surface area contributed by atoms with Gasteiger partial charge in [-0.2, -0.15) is 0 Å². The van der Waals surface area contributed by atoms with E-state index in [2.05, 4.69) is 31.3 Å². The maximum absolute atomic E-state index is 12.7. The van der Waals surface area contributed by atoms with Crippen LogP contribution >= 0.6 is 0 Å². The van der Waals surface area contributed by atoms with E-state index in [9.17, 15) is 9.59 Å². The lowest BCUT2D eigenvalue weighted by atomic mass is 9.88. The Bertz CT molecular complexity index is 691. The zero-order valence-corrected chi connectivity index (χ0v) is 31.6. The van der Waals surface area contributed by atoms with Gasteiger partial charge in [-0.15, -0.1) is 0 Å². The van der Waals surface area contributed by atoms with Crippen molar-refractivity contribution in [1.82, 2.24) is 5.32 Å². The van der Waals surface area contributed by atoms with Crippen LogP contribution in [0, 0.1) is 0 Å². The Balaban J connectivity index is 3.78. The van der Waals surface area contributed by atoms with Crippen molar-refractivity contribution in [3.8, 4) is 0 Å². The molecular formula is C42H82N2O2. The lowest BCUT2D eigenvalue weighted by Gasteiger charge is -2.31. The summed E-state index contributed by atoms with van der Waals surface area (Å²) in [5.41, 5.74) is 4.95. The van der Waals surface area contributed by atoms with E-state index in [1.807, 2.05) is 6.92 Å². The fourth-order valence-electron chi connectivity index (χ4n) is 6.70. The SMILES string of the molecule is CCCCCCCCC=CCCCCCCCCCCC(CC)(NC(=O)CCCCCCCCCCCCCCCCC)C(N)=O. The molecular weight excluding hydrogens is 564 g/mol. The molecule has 0 spiro atoms. The van der Waals surface area contributed by atoms with Crippen LogP contribution in [-0.4, -0.2) is 17.4 Å². The van der Waals surface area contributed by atoms with Crippen molar-refractivity contribution in [2.24, 2.45) is 5.73 Å². The lowest BCUT2D eigenvalue weighted by Crippen LogP contribution is -2.57. The number of amides is 2. The quantitative estimate of drug-likeness (QED) is 0.0520. The summed E-state index contributed by atoms with van der Waals surface area (Å²) < 4.78 is 0. The summed E-state index contributed by atoms with van der Waals surface area (Å²) in [5.74, 6) is -0.381. The maximum atomic E-state index is 12.7. The van der Waals surface area contributed by atoms with Gasteiger partial charge in [0.1, 0.15) is 5.54 Å². The second-order valence-electron chi connectivity index (χ2n) is 14.4. The first-order valence-electron chi connectivity index (χ1n) is 20.8.